The van der Waals surface area contributed by atoms with Gasteiger partial charge in [0.05, 0.1) is 24.4 Å². The van der Waals surface area contributed by atoms with Crippen LogP contribution in [0.5, 0.6) is 0 Å². The van der Waals surface area contributed by atoms with E-state index in [1.165, 1.54) is 11.3 Å². The summed E-state index contributed by atoms with van der Waals surface area (Å²) in [6.07, 6.45) is 5.86. The Balaban J connectivity index is 1.67. The highest BCUT2D eigenvalue weighted by Crippen LogP contribution is 2.15. The molecule has 7 heteroatoms. The maximum atomic E-state index is 12.4. The van der Waals surface area contributed by atoms with Crippen LogP contribution in [0.4, 0.5) is 0 Å². The minimum atomic E-state index is -0.0223. The third kappa shape index (κ3) is 3.62. The molecule has 2 aromatic rings. The van der Waals surface area contributed by atoms with Crippen molar-refractivity contribution < 1.29 is 9.53 Å². The Morgan fingerprint density at radius 2 is 2.38 bits per heavy atom. The van der Waals surface area contributed by atoms with Gasteiger partial charge in [0.1, 0.15) is 5.69 Å². The van der Waals surface area contributed by atoms with Gasteiger partial charge in [0.15, 0.2) is 0 Å². The molecule has 0 spiro atoms. The lowest BCUT2D eigenvalue weighted by Crippen LogP contribution is -2.36. The Kier molecular flexibility index (Phi) is 4.52. The van der Waals surface area contributed by atoms with Crippen LogP contribution in [0.25, 0.3) is 0 Å². The lowest BCUT2D eigenvalue weighted by molar-refractivity contribution is 0.0732. The first-order valence-electron chi connectivity index (χ1n) is 6.83. The molecular formula is C14H16N4O2S. The first kappa shape index (κ1) is 14.1. The Hall–Kier alpha value is -1.86. The van der Waals surface area contributed by atoms with Gasteiger partial charge in [-0.05, 0) is 6.42 Å². The molecule has 1 saturated heterocycles. The highest BCUT2D eigenvalue weighted by Gasteiger charge is 2.24. The van der Waals surface area contributed by atoms with Gasteiger partial charge in [-0.2, -0.15) is 0 Å². The van der Waals surface area contributed by atoms with E-state index in [4.69, 9.17) is 4.74 Å². The highest BCUT2D eigenvalue weighted by molar-refractivity contribution is 7.07. The van der Waals surface area contributed by atoms with E-state index in [2.05, 4.69) is 15.0 Å². The van der Waals surface area contributed by atoms with Gasteiger partial charge in [0.25, 0.3) is 5.91 Å². The number of carbonyl (C=O) groups is 1. The molecule has 110 valence electrons. The minimum absolute atomic E-state index is 0.0223. The second kappa shape index (κ2) is 6.73. The molecule has 3 heterocycles. The molecule has 3 rings (SSSR count). The molecule has 1 amide bonds. The Bertz CT molecular complexity index is 576. The van der Waals surface area contributed by atoms with Crippen molar-refractivity contribution in [1.29, 1.82) is 0 Å². The van der Waals surface area contributed by atoms with Crippen LogP contribution in [0, 0.1) is 5.92 Å². The van der Waals surface area contributed by atoms with Crippen LogP contribution in [0.3, 0.4) is 0 Å². The van der Waals surface area contributed by atoms with Crippen LogP contribution >= 0.6 is 11.3 Å². The Labute approximate surface area is 126 Å². The van der Waals surface area contributed by atoms with Gasteiger partial charge in [0.2, 0.25) is 0 Å². The molecule has 1 atom stereocenters. The quantitative estimate of drug-likeness (QED) is 0.854. The van der Waals surface area contributed by atoms with Crippen LogP contribution < -0.4 is 0 Å². The zero-order chi connectivity index (χ0) is 14.5. The second-order valence-corrected chi connectivity index (χ2v) is 5.69. The summed E-state index contributed by atoms with van der Waals surface area (Å²) in [6, 6.07) is 0. The van der Waals surface area contributed by atoms with Gasteiger partial charge in [-0.15, -0.1) is 11.3 Å². The van der Waals surface area contributed by atoms with E-state index in [-0.39, 0.29) is 11.8 Å². The molecule has 0 aromatic carbocycles. The lowest BCUT2D eigenvalue weighted by atomic mass is 10.0. The number of rotatable bonds is 3. The molecule has 6 nitrogen and oxygen atoms in total. The van der Waals surface area contributed by atoms with E-state index in [1.807, 2.05) is 4.90 Å². The molecule has 0 radical (unpaired) electrons. The fraction of sp³-hybridized carbons (Fsp3) is 0.429. The number of ether oxygens (including phenoxy) is 1. The summed E-state index contributed by atoms with van der Waals surface area (Å²) < 4.78 is 5.62. The van der Waals surface area contributed by atoms with E-state index in [0.29, 0.717) is 32.0 Å². The largest absolute Gasteiger partial charge is 0.379 e. The smallest absolute Gasteiger partial charge is 0.273 e. The third-order valence-electron chi connectivity index (χ3n) is 3.39. The van der Waals surface area contributed by atoms with Crippen LogP contribution in [0.2, 0.25) is 0 Å². The number of aromatic nitrogens is 3. The topological polar surface area (TPSA) is 68.2 Å². The fourth-order valence-electron chi connectivity index (χ4n) is 2.40. The summed E-state index contributed by atoms with van der Waals surface area (Å²) in [6.45, 7) is 2.46. The molecule has 0 bridgehead atoms. The van der Waals surface area contributed by atoms with Gasteiger partial charge >= 0.3 is 0 Å². The molecule has 21 heavy (non-hydrogen) atoms. The number of thiazole rings is 1. The van der Waals surface area contributed by atoms with Gasteiger partial charge in [-0.25, -0.2) is 4.98 Å². The van der Waals surface area contributed by atoms with E-state index < -0.39 is 0 Å². The first-order chi connectivity index (χ1) is 10.3. The van der Waals surface area contributed by atoms with Crippen molar-refractivity contribution in [2.45, 2.75) is 6.42 Å². The Morgan fingerprint density at radius 1 is 1.43 bits per heavy atom. The molecular weight excluding hydrogens is 288 g/mol. The fourth-order valence-corrected chi connectivity index (χ4v) is 2.93. The number of amides is 1. The van der Waals surface area contributed by atoms with Crippen LogP contribution in [0.1, 0.15) is 16.2 Å². The van der Waals surface area contributed by atoms with E-state index in [1.54, 1.807) is 29.5 Å². The van der Waals surface area contributed by atoms with E-state index >= 15 is 0 Å². The normalized spacial score (nSPS) is 19.2. The molecule has 2 aromatic heterocycles. The molecule has 0 saturated carbocycles. The summed E-state index contributed by atoms with van der Waals surface area (Å²) in [5, 5.41) is 1.78. The molecule has 1 aliphatic heterocycles. The maximum Gasteiger partial charge on any atom is 0.273 e. The monoisotopic (exact) mass is 304 g/mol. The maximum absolute atomic E-state index is 12.4. The number of carbonyl (C=O) groups excluding carboxylic acids is 1. The lowest BCUT2D eigenvalue weighted by Gasteiger charge is -2.22. The van der Waals surface area contributed by atoms with Crippen molar-refractivity contribution in [2.24, 2.45) is 5.92 Å². The highest BCUT2D eigenvalue weighted by atomic mass is 32.1. The molecule has 1 aliphatic rings. The summed E-state index contributed by atoms with van der Waals surface area (Å²) >= 11 is 1.43. The zero-order valence-corrected chi connectivity index (χ0v) is 12.3. The third-order valence-corrected chi connectivity index (χ3v) is 3.98. The van der Waals surface area contributed by atoms with Crippen LogP contribution in [0.15, 0.2) is 29.5 Å². The Morgan fingerprint density at radius 3 is 3.14 bits per heavy atom. The minimum Gasteiger partial charge on any atom is -0.379 e. The van der Waals surface area contributed by atoms with Crippen molar-refractivity contribution in [3.63, 3.8) is 0 Å². The van der Waals surface area contributed by atoms with Crippen LogP contribution in [-0.2, 0) is 11.2 Å². The SMILES string of the molecule is O=C(c1cscn1)N1CCOCC(Cc2cnccn2)C1. The number of nitrogens with zero attached hydrogens (tertiary/aromatic N) is 4. The predicted octanol–water partition coefficient (Wildman–Crippen LogP) is 1.26. The van der Waals surface area contributed by atoms with Gasteiger partial charge in [-0.3, -0.25) is 14.8 Å². The van der Waals surface area contributed by atoms with Crippen LogP contribution in [-0.4, -0.2) is 52.1 Å². The summed E-state index contributed by atoms with van der Waals surface area (Å²) in [7, 11) is 0. The molecule has 0 aliphatic carbocycles. The van der Waals surface area contributed by atoms with E-state index in [9.17, 15) is 4.79 Å². The van der Waals surface area contributed by atoms with Gasteiger partial charge in [-0.1, -0.05) is 0 Å². The first-order valence-corrected chi connectivity index (χ1v) is 7.77. The number of hydrogen-bond acceptors (Lipinski definition) is 6. The van der Waals surface area contributed by atoms with Crippen molar-refractivity contribution in [3.05, 3.63) is 40.9 Å². The second-order valence-electron chi connectivity index (χ2n) is 4.97. The average molecular weight is 304 g/mol. The average Bonchev–Trinajstić information content (AvgIpc) is 2.95. The van der Waals surface area contributed by atoms with Gasteiger partial charge in [0, 0.05) is 43.0 Å². The standard InChI is InChI=1S/C14H16N4O2S/c19-14(13-9-21-10-17-13)18-3-4-20-8-11(7-18)5-12-6-15-1-2-16-12/h1-2,6,9-11H,3-5,7-8H2. The predicted molar refractivity (Wildman–Crippen MR) is 78.1 cm³/mol. The zero-order valence-electron chi connectivity index (χ0n) is 11.5. The summed E-state index contributed by atoms with van der Waals surface area (Å²) in [4.78, 5) is 26.7. The number of hydrogen-bond donors (Lipinski definition) is 0. The molecule has 1 fully saturated rings. The van der Waals surface area contributed by atoms with Crippen molar-refractivity contribution in [2.75, 3.05) is 26.3 Å². The molecule has 0 N–H and O–H groups in total. The van der Waals surface area contributed by atoms with Crippen molar-refractivity contribution >= 4 is 17.2 Å². The van der Waals surface area contributed by atoms with Crippen molar-refractivity contribution in [1.82, 2.24) is 19.9 Å². The molecule has 1 unspecified atom stereocenters. The van der Waals surface area contributed by atoms with Gasteiger partial charge < -0.3 is 9.64 Å². The van der Waals surface area contributed by atoms with E-state index in [0.717, 1.165) is 12.1 Å². The van der Waals surface area contributed by atoms with Crippen molar-refractivity contribution in [3.8, 4) is 0 Å². The summed E-state index contributed by atoms with van der Waals surface area (Å²) in [5.74, 6) is 0.206. The summed E-state index contributed by atoms with van der Waals surface area (Å²) in [5.41, 5.74) is 3.12.